The van der Waals surface area contributed by atoms with E-state index in [4.69, 9.17) is 9.40 Å². The zero-order valence-electron chi connectivity index (χ0n) is 25.6. The number of hydrogen-bond donors (Lipinski definition) is 0. The highest BCUT2D eigenvalue weighted by atomic mass is 32.1. The number of hydrogen-bond acceptors (Lipinski definition) is 5. The van der Waals surface area contributed by atoms with Crippen molar-refractivity contribution in [2.75, 3.05) is 4.90 Å². The van der Waals surface area contributed by atoms with Crippen LogP contribution in [0.15, 0.2) is 162 Å². The van der Waals surface area contributed by atoms with Gasteiger partial charge in [0.1, 0.15) is 5.52 Å². The van der Waals surface area contributed by atoms with Crippen LogP contribution >= 0.6 is 22.7 Å². The highest BCUT2D eigenvalue weighted by molar-refractivity contribution is 7.26. The van der Waals surface area contributed by atoms with Crippen molar-refractivity contribution in [3.63, 3.8) is 0 Å². The molecule has 0 atom stereocenters. The minimum absolute atomic E-state index is 0.657. The molecule has 0 aliphatic heterocycles. The first-order valence-corrected chi connectivity index (χ1v) is 17.6. The molecular formula is C43H26N2OS2. The van der Waals surface area contributed by atoms with Gasteiger partial charge in [0, 0.05) is 63.0 Å². The summed E-state index contributed by atoms with van der Waals surface area (Å²) in [6.07, 6.45) is 0. The second-order valence-electron chi connectivity index (χ2n) is 12.0. The van der Waals surface area contributed by atoms with Crippen LogP contribution in [0, 0.1) is 0 Å². The van der Waals surface area contributed by atoms with Gasteiger partial charge in [-0.3, -0.25) is 0 Å². The quantitative estimate of drug-likeness (QED) is 0.186. The summed E-state index contributed by atoms with van der Waals surface area (Å²) in [4.78, 5) is 7.14. The summed E-state index contributed by atoms with van der Waals surface area (Å²) in [7, 11) is 0. The number of aromatic nitrogens is 1. The van der Waals surface area contributed by atoms with Crippen LogP contribution < -0.4 is 4.90 Å². The van der Waals surface area contributed by atoms with Gasteiger partial charge in [0.05, 0.1) is 0 Å². The van der Waals surface area contributed by atoms with Crippen LogP contribution in [-0.2, 0) is 0 Å². The fraction of sp³-hybridized carbons (Fsp3) is 0. The van der Waals surface area contributed by atoms with E-state index in [1.807, 2.05) is 41.7 Å². The molecule has 3 heterocycles. The predicted molar refractivity (Wildman–Crippen MR) is 205 cm³/mol. The lowest BCUT2D eigenvalue weighted by Gasteiger charge is -2.25. The van der Waals surface area contributed by atoms with E-state index in [0.29, 0.717) is 5.89 Å². The summed E-state index contributed by atoms with van der Waals surface area (Å²) >= 11 is 3.66. The third kappa shape index (κ3) is 4.51. The van der Waals surface area contributed by atoms with Gasteiger partial charge in [0.25, 0.3) is 0 Å². The summed E-state index contributed by atoms with van der Waals surface area (Å²) in [6.45, 7) is 0. The smallest absolute Gasteiger partial charge is 0.227 e. The molecule has 0 fully saturated rings. The molecule has 0 saturated carbocycles. The van der Waals surface area contributed by atoms with Crippen LogP contribution in [0.25, 0.3) is 74.0 Å². The van der Waals surface area contributed by atoms with Crippen LogP contribution in [-0.4, -0.2) is 4.98 Å². The monoisotopic (exact) mass is 650 g/mol. The number of oxazole rings is 1. The van der Waals surface area contributed by atoms with Gasteiger partial charge in [0.15, 0.2) is 5.58 Å². The van der Waals surface area contributed by atoms with E-state index in [1.165, 1.54) is 51.5 Å². The second kappa shape index (κ2) is 10.9. The van der Waals surface area contributed by atoms with Gasteiger partial charge in [0.2, 0.25) is 5.89 Å². The number of benzene rings is 7. The lowest BCUT2D eigenvalue weighted by Crippen LogP contribution is -2.09. The van der Waals surface area contributed by atoms with Crippen LogP contribution in [0.2, 0.25) is 0 Å². The third-order valence-electron chi connectivity index (χ3n) is 9.10. The molecule has 0 bridgehead atoms. The molecule has 3 aromatic heterocycles. The minimum atomic E-state index is 0.657. The van der Waals surface area contributed by atoms with Gasteiger partial charge in [-0.15, -0.1) is 22.7 Å². The molecule has 0 N–H and O–H groups in total. The first-order chi connectivity index (χ1) is 23.7. The zero-order chi connectivity index (χ0) is 31.6. The predicted octanol–water partition coefficient (Wildman–Crippen LogP) is 13.4. The van der Waals surface area contributed by atoms with Gasteiger partial charge < -0.3 is 9.32 Å². The van der Waals surface area contributed by atoms with E-state index >= 15 is 0 Å². The van der Waals surface area contributed by atoms with Crippen molar-refractivity contribution in [1.82, 2.24) is 4.98 Å². The molecule has 0 radical (unpaired) electrons. The number of nitrogens with zero attached hydrogens (tertiary/aromatic N) is 2. The number of thiophene rings is 2. The van der Waals surface area contributed by atoms with Crippen molar-refractivity contribution >= 4 is 91.2 Å². The van der Waals surface area contributed by atoms with Crippen molar-refractivity contribution in [3.8, 4) is 22.6 Å². The zero-order valence-corrected chi connectivity index (χ0v) is 27.3. The number of fused-ring (bicyclic) bond motifs is 7. The maximum Gasteiger partial charge on any atom is 0.227 e. The summed E-state index contributed by atoms with van der Waals surface area (Å²) in [5.74, 6) is 0.657. The van der Waals surface area contributed by atoms with Crippen LogP contribution in [0.3, 0.4) is 0 Å². The standard InChI is InChI=1S/C43H26N2OS2/c1-3-9-28(10-4-1)43-44-37-26-42-36(25-38(37)46-43)35-21-17-29(23-40(35)48-42)27-15-18-31(19-16-27)45(30-11-5-2-6-12-30)32-20-22-34-33-13-7-8-14-39(33)47-41(34)24-32/h1-26H. The van der Waals surface area contributed by atoms with E-state index < -0.39 is 0 Å². The average Bonchev–Trinajstić information content (AvgIpc) is 3.84. The normalized spacial score (nSPS) is 11.8. The largest absolute Gasteiger partial charge is 0.436 e. The summed E-state index contributed by atoms with van der Waals surface area (Å²) in [6, 6.07) is 56.2. The van der Waals surface area contributed by atoms with E-state index in [9.17, 15) is 0 Å². The van der Waals surface area contributed by atoms with E-state index in [2.05, 4.69) is 132 Å². The highest BCUT2D eigenvalue weighted by Crippen LogP contribution is 2.42. The molecular weight excluding hydrogens is 625 g/mol. The van der Waals surface area contributed by atoms with Crippen molar-refractivity contribution < 1.29 is 4.42 Å². The van der Waals surface area contributed by atoms with E-state index in [-0.39, 0.29) is 0 Å². The Hall–Kier alpha value is -5.75. The maximum absolute atomic E-state index is 6.19. The third-order valence-corrected chi connectivity index (χ3v) is 11.3. The van der Waals surface area contributed by atoms with Crippen LogP contribution in [0.1, 0.15) is 0 Å². The molecule has 0 aliphatic carbocycles. The Labute approximate surface area is 284 Å². The van der Waals surface area contributed by atoms with Crippen molar-refractivity contribution in [2.45, 2.75) is 0 Å². The minimum Gasteiger partial charge on any atom is -0.436 e. The molecule has 0 amide bonds. The molecule has 226 valence electrons. The summed E-state index contributed by atoms with van der Waals surface area (Å²) in [5, 5.41) is 5.07. The number of anilines is 3. The summed E-state index contributed by atoms with van der Waals surface area (Å²) in [5.41, 5.74) is 8.48. The van der Waals surface area contributed by atoms with Crippen molar-refractivity contribution in [3.05, 3.63) is 158 Å². The highest BCUT2D eigenvalue weighted by Gasteiger charge is 2.16. The Morgan fingerprint density at radius 2 is 1.02 bits per heavy atom. The first kappa shape index (κ1) is 27.4. The molecule has 0 unspecified atom stereocenters. The van der Waals surface area contributed by atoms with Crippen molar-refractivity contribution in [2.24, 2.45) is 0 Å². The van der Waals surface area contributed by atoms with Gasteiger partial charge in [-0.2, -0.15) is 0 Å². The lowest BCUT2D eigenvalue weighted by molar-refractivity contribution is 0.620. The molecule has 10 aromatic rings. The Bertz CT molecular complexity index is 2780. The second-order valence-corrected chi connectivity index (χ2v) is 14.2. The first-order valence-electron chi connectivity index (χ1n) is 15.9. The fourth-order valence-corrected chi connectivity index (χ4v) is 9.06. The SMILES string of the molecule is c1ccc(-c2nc3cc4sc5cc(-c6ccc(N(c7ccccc7)c7ccc8c(c7)sc7ccccc78)cc6)ccc5c4cc3o2)cc1. The topological polar surface area (TPSA) is 29.3 Å². The molecule has 0 saturated heterocycles. The molecule has 0 aliphatic rings. The Kier molecular flexibility index (Phi) is 6.22. The Morgan fingerprint density at radius 3 is 1.88 bits per heavy atom. The molecule has 10 rings (SSSR count). The lowest BCUT2D eigenvalue weighted by atomic mass is 10.0. The molecule has 48 heavy (non-hydrogen) atoms. The summed E-state index contributed by atoms with van der Waals surface area (Å²) < 4.78 is 11.3. The number of rotatable bonds is 5. The van der Waals surface area contributed by atoms with Crippen molar-refractivity contribution in [1.29, 1.82) is 0 Å². The molecule has 3 nitrogen and oxygen atoms in total. The molecule has 5 heteroatoms. The van der Waals surface area contributed by atoms with Crippen LogP contribution in [0.4, 0.5) is 17.1 Å². The Balaban J connectivity index is 1.01. The van der Waals surface area contributed by atoms with Crippen LogP contribution in [0.5, 0.6) is 0 Å². The van der Waals surface area contributed by atoms with Gasteiger partial charge in [-0.25, -0.2) is 4.98 Å². The van der Waals surface area contributed by atoms with E-state index in [0.717, 1.165) is 33.7 Å². The maximum atomic E-state index is 6.19. The molecule has 0 spiro atoms. The fourth-order valence-electron chi connectivity index (χ4n) is 6.76. The molecule has 7 aromatic carbocycles. The Morgan fingerprint density at radius 1 is 0.417 bits per heavy atom. The van der Waals surface area contributed by atoms with E-state index in [1.54, 1.807) is 11.3 Å². The van der Waals surface area contributed by atoms with Gasteiger partial charge in [-0.05, 0) is 83.9 Å². The van der Waals surface area contributed by atoms with Gasteiger partial charge >= 0.3 is 0 Å². The number of para-hydroxylation sites is 1. The van der Waals surface area contributed by atoms with Gasteiger partial charge in [-0.1, -0.05) is 84.9 Å². The average molecular weight is 651 g/mol.